The summed E-state index contributed by atoms with van der Waals surface area (Å²) in [6.07, 6.45) is 2.69. The summed E-state index contributed by atoms with van der Waals surface area (Å²) in [5, 5.41) is 9.76. The van der Waals surface area contributed by atoms with Crippen LogP contribution < -0.4 is 0 Å². The highest BCUT2D eigenvalue weighted by atomic mass is 28.3. The van der Waals surface area contributed by atoms with Crippen LogP contribution >= 0.6 is 0 Å². The molecule has 0 aliphatic heterocycles. The van der Waals surface area contributed by atoms with Gasteiger partial charge < -0.3 is 5.11 Å². The molecule has 0 fully saturated rings. The van der Waals surface area contributed by atoms with Crippen LogP contribution in [0, 0.1) is 17.4 Å². The monoisotopic (exact) mass is 212 g/mol. The second-order valence-corrected chi connectivity index (χ2v) is 9.64. The van der Waals surface area contributed by atoms with Crippen molar-refractivity contribution in [2.75, 3.05) is 0 Å². The minimum Gasteiger partial charge on any atom is -0.392 e. The van der Waals surface area contributed by atoms with Crippen molar-refractivity contribution in [2.45, 2.75) is 58.9 Å². The smallest absolute Gasteiger partial charge is 0.129 e. The van der Waals surface area contributed by atoms with Crippen molar-refractivity contribution in [3.05, 3.63) is 0 Å². The van der Waals surface area contributed by atoms with Crippen LogP contribution in [0.1, 0.15) is 33.1 Å². The minimum absolute atomic E-state index is 0.191. The third-order valence-electron chi connectivity index (χ3n) is 2.11. The fourth-order valence-corrected chi connectivity index (χ4v) is 1.88. The SMILES string of the molecule is CCC[C@@H](C#C[Si](C)(C)C)[C@H](O)CC. The average Bonchev–Trinajstić information content (AvgIpc) is 2.09. The zero-order valence-electron chi connectivity index (χ0n) is 10.2. The molecule has 14 heavy (non-hydrogen) atoms. The average molecular weight is 212 g/mol. The van der Waals surface area contributed by atoms with Crippen LogP contribution in [-0.2, 0) is 0 Å². The normalized spacial score (nSPS) is 15.6. The molecule has 0 aliphatic rings. The Labute approximate surface area is 89.9 Å². The molecule has 0 spiro atoms. The zero-order valence-corrected chi connectivity index (χ0v) is 11.2. The van der Waals surface area contributed by atoms with Crippen molar-refractivity contribution in [1.82, 2.24) is 0 Å². The van der Waals surface area contributed by atoms with E-state index in [0.29, 0.717) is 0 Å². The summed E-state index contributed by atoms with van der Waals surface area (Å²) in [5.74, 6) is 3.46. The van der Waals surface area contributed by atoms with Gasteiger partial charge in [0.15, 0.2) is 0 Å². The van der Waals surface area contributed by atoms with Gasteiger partial charge in [-0.1, -0.05) is 39.9 Å². The third kappa shape index (κ3) is 6.23. The second kappa shape index (κ2) is 6.26. The summed E-state index contributed by atoms with van der Waals surface area (Å²) in [6.45, 7) is 10.9. The van der Waals surface area contributed by atoms with Gasteiger partial charge in [-0.3, -0.25) is 0 Å². The molecular weight excluding hydrogens is 188 g/mol. The predicted molar refractivity (Wildman–Crippen MR) is 65.8 cm³/mol. The molecule has 0 amide bonds. The van der Waals surface area contributed by atoms with Crippen molar-refractivity contribution in [2.24, 2.45) is 5.92 Å². The first kappa shape index (κ1) is 13.7. The van der Waals surface area contributed by atoms with Gasteiger partial charge in [0, 0.05) is 5.92 Å². The molecule has 82 valence electrons. The second-order valence-electron chi connectivity index (χ2n) is 4.89. The summed E-state index contributed by atoms with van der Waals surface area (Å²) in [6, 6.07) is 0. The minimum atomic E-state index is -1.28. The standard InChI is InChI=1S/C12H24OSi/c1-6-8-11(12(13)7-2)9-10-14(3,4)5/h11-13H,6-8H2,1-5H3/t11-,12+/m0/s1. The van der Waals surface area contributed by atoms with Gasteiger partial charge in [0.1, 0.15) is 8.07 Å². The van der Waals surface area contributed by atoms with Crippen molar-refractivity contribution < 1.29 is 5.11 Å². The van der Waals surface area contributed by atoms with Crippen LogP contribution in [0.5, 0.6) is 0 Å². The molecule has 2 atom stereocenters. The van der Waals surface area contributed by atoms with Gasteiger partial charge in [0.05, 0.1) is 6.10 Å². The highest BCUT2D eigenvalue weighted by Gasteiger charge is 2.15. The Kier molecular flexibility index (Phi) is 6.15. The fourth-order valence-electron chi connectivity index (χ4n) is 1.27. The highest BCUT2D eigenvalue weighted by Crippen LogP contribution is 2.13. The van der Waals surface area contributed by atoms with Gasteiger partial charge in [0.25, 0.3) is 0 Å². The molecule has 0 bridgehead atoms. The lowest BCUT2D eigenvalue weighted by Crippen LogP contribution is -2.21. The van der Waals surface area contributed by atoms with Gasteiger partial charge in [-0.25, -0.2) is 0 Å². The zero-order chi connectivity index (χ0) is 11.2. The quantitative estimate of drug-likeness (QED) is 0.561. The van der Waals surface area contributed by atoms with E-state index < -0.39 is 8.07 Å². The summed E-state index contributed by atoms with van der Waals surface area (Å²) >= 11 is 0. The lowest BCUT2D eigenvalue weighted by atomic mass is 9.96. The molecule has 0 aliphatic carbocycles. The summed E-state index contributed by atoms with van der Waals surface area (Å²) in [5.41, 5.74) is 3.35. The van der Waals surface area contributed by atoms with E-state index in [4.69, 9.17) is 0 Å². The molecule has 2 heteroatoms. The van der Waals surface area contributed by atoms with E-state index in [9.17, 15) is 5.11 Å². The highest BCUT2D eigenvalue weighted by molar-refractivity contribution is 6.83. The summed E-state index contributed by atoms with van der Waals surface area (Å²) in [7, 11) is -1.28. The Morgan fingerprint density at radius 1 is 1.21 bits per heavy atom. The number of hydrogen-bond acceptors (Lipinski definition) is 1. The van der Waals surface area contributed by atoms with Crippen LogP contribution in [0.15, 0.2) is 0 Å². The molecule has 1 N–H and O–H groups in total. The van der Waals surface area contributed by atoms with E-state index in [2.05, 4.69) is 38.0 Å². The van der Waals surface area contributed by atoms with Crippen LogP contribution in [0.2, 0.25) is 19.6 Å². The molecule has 0 aromatic rings. The number of aliphatic hydroxyl groups is 1. The van der Waals surface area contributed by atoms with Crippen molar-refractivity contribution >= 4 is 8.07 Å². The van der Waals surface area contributed by atoms with E-state index in [0.717, 1.165) is 19.3 Å². The molecule has 0 rings (SSSR count). The van der Waals surface area contributed by atoms with Crippen LogP contribution in [-0.4, -0.2) is 19.3 Å². The fraction of sp³-hybridized carbons (Fsp3) is 0.833. The van der Waals surface area contributed by atoms with E-state index in [-0.39, 0.29) is 12.0 Å². The van der Waals surface area contributed by atoms with Gasteiger partial charge in [0.2, 0.25) is 0 Å². The van der Waals surface area contributed by atoms with E-state index in [1.54, 1.807) is 0 Å². The van der Waals surface area contributed by atoms with Crippen LogP contribution in [0.3, 0.4) is 0 Å². The Bertz CT molecular complexity index is 207. The summed E-state index contributed by atoms with van der Waals surface area (Å²) in [4.78, 5) is 0. The van der Waals surface area contributed by atoms with Crippen LogP contribution in [0.4, 0.5) is 0 Å². The number of hydrogen-bond donors (Lipinski definition) is 1. The Hall–Kier alpha value is -0.263. The Morgan fingerprint density at radius 2 is 1.79 bits per heavy atom. The Balaban J connectivity index is 4.41. The topological polar surface area (TPSA) is 20.2 Å². The first-order chi connectivity index (χ1) is 6.40. The number of aliphatic hydroxyl groups excluding tert-OH is 1. The van der Waals surface area contributed by atoms with Gasteiger partial charge >= 0.3 is 0 Å². The van der Waals surface area contributed by atoms with E-state index >= 15 is 0 Å². The number of rotatable bonds is 4. The third-order valence-corrected chi connectivity index (χ3v) is 3.01. The maximum absolute atomic E-state index is 9.76. The Morgan fingerprint density at radius 3 is 2.14 bits per heavy atom. The van der Waals surface area contributed by atoms with E-state index in [1.807, 2.05) is 6.92 Å². The van der Waals surface area contributed by atoms with Crippen molar-refractivity contribution in [3.63, 3.8) is 0 Å². The summed E-state index contributed by atoms with van der Waals surface area (Å²) < 4.78 is 0. The van der Waals surface area contributed by atoms with Crippen molar-refractivity contribution in [3.8, 4) is 11.5 Å². The molecule has 0 radical (unpaired) electrons. The molecular formula is C12H24OSi. The van der Waals surface area contributed by atoms with Gasteiger partial charge in [-0.05, 0) is 12.8 Å². The van der Waals surface area contributed by atoms with Crippen molar-refractivity contribution in [1.29, 1.82) is 0 Å². The van der Waals surface area contributed by atoms with Gasteiger partial charge in [-0.2, -0.15) is 0 Å². The molecule has 0 heterocycles. The lowest BCUT2D eigenvalue weighted by Gasteiger charge is -2.16. The maximum atomic E-state index is 9.76. The molecule has 0 saturated heterocycles. The molecule has 1 nitrogen and oxygen atoms in total. The first-order valence-corrected chi connectivity index (χ1v) is 9.11. The van der Waals surface area contributed by atoms with Crippen LogP contribution in [0.25, 0.3) is 0 Å². The van der Waals surface area contributed by atoms with E-state index in [1.165, 1.54) is 0 Å². The maximum Gasteiger partial charge on any atom is 0.129 e. The molecule has 0 saturated carbocycles. The lowest BCUT2D eigenvalue weighted by molar-refractivity contribution is 0.125. The molecule has 0 aromatic carbocycles. The largest absolute Gasteiger partial charge is 0.392 e. The van der Waals surface area contributed by atoms with Gasteiger partial charge in [-0.15, -0.1) is 11.5 Å². The molecule has 0 aromatic heterocycles. The molecule has 0 unspecified atom stereocenters. The first-order valence-electron chi connectivity index (χ1n) is 5.61. The predicted octanol–water partition coefficient (Wildman–Crippen LogP) is 3.05.